The first-order valence-electron chi connectivity index (χ1n) is 30.6. The van der Waals surface area contributed by atoms with Crippen molar-refractivity contribution < 1.29 is 0 Å². The maximum atomic E-state index is 5.17. The van der Waals surface area contributed by atoms with Gasteiger partial charge in [0.05, 0.1) is 22.4 Å². The van der Waals surface area contributed by atoms with E-state index >= 15 is 0 Å². The molecule has 0 saturated carbocycles. The van der Waals surface area contributed by atoms with Gasteiger partial charge in [-0.3, -0.25) is 0 Å². The molecule has 0 unspecified atom stereocenters. The molecule has 0 atom stereocenters. The number of fused-ring (bicyclic) bond motifs is 7. The fourth-order valence-corrected chi connectivity index (χ4v) is 13.1. The van der Waals surface area contributed by atoms with Crippen LogP contribution < -0.4 is 26.2 Å². The standard InChI is InChI=1S/C80H74BN5/c1-77(2,3)56-44-57(78(4,5)6)47-61(46-56)85-71-33-23-20-30-65(71)81-66-31-21-24-34-72(66)86(62-48-58(79(7,8)9)45-59(49-62)80(10,11)12)74-43-55(42-73(85)75(74)81)54-37-40-70-64(41-54)63-29-19-22-32-69(63)84(70)60-38-35-53(36-39-60)76-82-67(51-25-15-13-16-26-51)50-68(83-76)52-27-17-14-18-28-52/h13-50H,1-12H3. The molecule has 2 aliphatic rings. The van der Waals surface area contributed by atoms with E-state index in [4.69, 9.17) is 9.97 Å². The van der Waals surface area contributed by atoms with Gasteiger partial charge in [0.15, 0.2) is 5.82 Å². The van der Waals surface area contributed by atoms with E-state index in [1.807, 2.05) is 12.1 Å². The first kappa shape index (κ1) is 54.7. The highest BCUT2D eigenvalue weighted by Crippen LogP contribution is 2.49. The van der Waals surface area contributed by atoms with Gasteiger partial charge in [0.1, 0.15) is 0 Å². The van der Waals surface area contributed by atoms with Crippen molar-refractivity contribution in [3.05, 3.63) is 253 Å². The maximum Gasteiger partial charge on any atom is 0.252 e. The van der Waals surface area contributed by atoms with Gasteiger partial charge in [0.2, 0.25) is 0 Å². The molecule has 2 aliphatic heterocycles. The summed E-state index contributed by atoms with van der Waals surface area (Å²) in [6.45, 7) is 28.1. The van der Waals surface area contributed by atoms with Crippen LogP contribution in [0.2, 0.25) is 0 Å². The minimum Gasteiger partial charge on any atom is -0.311 e. The van der Waals surface area contributed by atoms with Crippen LogP contribution in [-0.4, -0.2) is 21.2 Å². The normalized spacial score (nSPS) is 13.3. The molecule has 5 nitrogen and oxygen atoms in total. The number of para-hydroxylation sites is 3. The Bertz CT molecular complexity index is 4350. The Kier molecular flexibility index (Phi) is 12.8. The van der Waals surface area contributed by atoms with E-state index in [-0.39, 0.29) is 28.4 Å². The third kappa shape index (κ3) is 9.51. The molecule has 2 aromatic heterocycles. The van der Waals surface area contributed by atoms with Crippen LogP contribution in [0, 0.1) is 0 Å². The van der Waals surface area contributed by atoms with Crippen LogP contribution in [0.1, 0.15) is 105 Å². The average Bonchev–Trinajstić information content (AvgIpc) is 1.87. The lowest BCUT2D eigenvalue weighted by Gasteiger charge is -2.45. The Morgan fingerprint density at radius 2 is 0.721 bits per heavy atom. The summed E-state index contributed by atoms with van der Waals surface area (Å²) in [5, 5.41) is 2.40. The van der Waals surface area contributed by atoms with E-state index in [0.717, 1.165) is 55.9 Å². The van der Waals surface area contributed by atoms with E-state index in [2.05, 4.69) is 316 Å². The monoisotopic (exact) mass is 1120 g/mol. The number of hydrogen-bond acceptors (Lipinski definition) is 4. The molecule has 0 radical (unpaired) electrons. The van der Waals surface area contributed by atoms with E-state index in [9.17, 15) is 0 Å². The quantitative estimate of drug-likeness (QED) is 0.149. The molecule has 422 valence electrons. The third-order valence-electron chi connectivity index (χ3n) is 18.0. The van der Waals surface area contributed by atoms with Gasteiger partial charge in [-0.2, -0.15) is 0 Å². The van der Waals surface area contributed by atoms with Crippen molar-refractivity contribution in [3.63, 3.8) is 0 Å². The van der Waals surface area contributed by atoms with Crippen LogP contribution in [0.3, 0.4) is 0 Å². The highest BCUT2D eigenvalue weighted by Gasteiger charge is 2.44. The van der Waals surface area contributed by atoms with Crippen LogP contribution in [0.5, 0.6) is 0 Å². The van der Waals surface area contributed by atoms with Crippen molar-refractivity contribution >= 4 is 79.0 Å². The maximum absolute atomic E-state index is 5.17. The van der Waals surface area contributed by atoms with Gasteiger partial charge in [-0.1, -0.05) is 217 Å². The molecule has 0 amide bonds. The van der Waals surface area contributed by atoms with Gasteiger partial charge < -0.3 is 14.4 Å². The first-order valence-corrected chi connectivity index (χ1v) is 30.6. The molecular weight excluding hydrogens is 1040 g/mol. The van der Waals surface area contributed by atoms with Gasteiger partial charge in [0.25, 0.3) is 6.71 Å². The lowest BCUT2D eigenvalue weighted by Crippen LogP contribution is -2.61. The van der Waals surface area contributed by atoms with E-state index < -0.39 is 0 Å². The minimum absolute atomic E-state index is 0.00755. The smallest absolute Gasteiger partial charge is 0.252 e. The molecule has 0 spiro atoms. The molecule has 14 rings (SSSR count). The van der Waals surface area contributed by atoms with Crippen molar-refractivity contribution in [1.82, 2.24) is 14.5 Å². The van der Waals surface area contributed by atoms with Gasteiger partial charge in [-0.25, -0.2) is 9.97 Å². The largest absolute Gasteiger partial charge is 0.311 e. The van der Waals surface area contributed by atoms with E-state index in [0.29, 0.717) is 5.82 Å². The first-order chi connectivity index (χ1) is 41.2. The highest BCUT2D eigenvalue weighted by atomic mass is 15.2. The molecule has 12 aromatic rings. The van der Waals surface area contributed by atoms with Crippen LogP contribution in [0.4, 0.5) is 34.1 Å². The summed E-state index contributed by atoms with van der Waals surface area (Å²) in [4.78, 5) is 15.6. The van der Waals surface area contributed by atoms with Crippen LogP contribution in [0.25, 0.3) is 72.5 Å². The second kappa shape index (κ2) is 20.2. The summed E-state index contributed by atoms with van der Waals surface area (Å²) in [5.74, 6) is 0.691. The fraction of sp³-hybridized carbons (Fsp3) is 0.200. The molecular formula is C80H74BN5. The Morgan fingerprint density at radius 1 is 0.302 bits per heavy atom. The summed E-state index contributed by atoms with van der Waals surface area (Å²) in [6, 6.07) is 85.8. The van der Waals surface area contributed by atoms with Gasteiger partial charge >= 0.3 is 0 Å². The summed E-state index contributed by atoms with van der Waals surface area (Å²) in [7, 11) is 0. The molecule has 4 heterocycles. The zero-order valence-corrected chi connectivity index (χ0v) is 51.8. The number of rotatable bonds is 7. The predicted octanol–water partition coefficient (Wildman–Crippen LogP) is 19.5. The Labute approximate surface area is 508 Å². The van der Waals surface area contributed by atoms with Crippen LogP contribution in [-0.2, 0) is 21.7 Å². The molecule has 0 aliphatic carbocycles. The summed E-state index contributed by atoms with van der Waals surface area (Å²) >= 11 is 0. The lowest BCUT2D eigenvalue weighted by atomic mass is 9.33. The second-order valence-corrected chi connectivity index (χ2v) is 28.0. The topological polar surface area (TPSA) is 37.2 Å². The molecule has 6 heteroatoms. The fourth-order valence-electron chi connectivity index (χ4n) is 13.1. The molecule has 0 fully saturated rings. The van der Waals surface area contributed by atoms with Crippen molar-refractivity contribution in [1.29, 1.82) is 0 Å². The summed E-state index contributed by atoms with van der Waals surface area (Å²) in [6.07, 6.45) is 0. The second-order valence-electron chi connectivity index (χ2n) is 28.0. The van der Waals surface area contributed by atoms with Crippen molar-refractivity contribution in [2.24, 2.45) is 0 Å². The van der Waals surface area contributed by atoms with E-state index in [1.165, 1.54) is 83.5 Å². The van der Waals surface area contributed by atoms with E-state index in [1.54, 1.807) is 0 Å². The number of nitrogens with zero attached hydrogens (tertiary/aromatic N) is 5. The zero-order chi connectivity index (χ0) is 59.6. The number of hydrogen-bond donors (Lipinski definition) is 0. The predicted molar refractivity (Wildman–Crippen MR) is 367 cm³/mol. The average molecular weight is 1120 g/mol. The van der Waals surface area contributed by atoms with Gasteiger partial charge in [-0.15, -0.1) is 0 Å². The highest BCUT2D eigenvalue weighted by molar-refractivity contribution is 7.00. The van der Waals surface area contributed by atoms with Crippen molar-refractivity contribution in [3.8, 4) is 50.7 Å². The lowest BCUT2D eigenvalue weighted by molar-refractivity contribution is 0.568. The minimum atomic E-state index is -0.0835. The van der Waals surface area contributed by atoms with Gasteiger partial charge in [0, 0.05) is 67.3 Å². The molecule has 86 heavy (non-hydrogen) atoms. The zero-order valence-electron chi connectivity index (χ0n) is 51.8. The number of anilines is 6. The van der Waals surface area contributed by atoms with Crippen LogP contribution >= 0.6 is 0 Å². The molecule has 0 N–H and O–H groups in total. The molecule has 0 bridgehead atoms. The SMILES string of the molecule is CC(C)(C)c1cc(N2c3ccccc3B3c4ccccc4N(c4cc(C(C)(C)C)cc(C(C)(C)C)c4)c4cc(-c5ccc6c(c5)c5ccccc5n6-c5ccc(-c6nc(-c7ccccc7)cc(-c7ccccc7)n6)cc5)cc2c43)cc(C(C)(C)C)c1. The number of benzene rings is 10. The molecule has 10 aromatic carbocycles. The number of aromatic nitrogens is 3. The Morgan fingerprint density at radius 3 is 1.20 bits per heavy atom. The summed E-state index contributed by atoms with van der Waals surface area (Å²) < 4.78 is 2.41. The summed E-state index contributed by atoms with van der Waals surface area (Å²) in [5.41, 5.74) is 26.6. The Hall–Kier alpha value is -9.26. The van der Waals surface area contributed by atoms with Gasteiger partial charge in [-0.05, 0) is 168 Å². The molecule has 0 saturated heterocycles. The van der Waals surface area contributed by atoms with Crippen molar-refractivity contribution in [2.45, 2.75) is 105 Å². The van der Waals surface area contributed by atoms with Crippen molar-refractivity contribution in [2.75, 3.05) is 9.80 Å². The van der Waals surface area contributed by atoms with Crippen LogP contribution in [0.15, 0.2) is 231 Å². The third-order valence-corrected chi connectivity index (χ3v) is 18.0. The Balaban J connectivity index is 0.986.